The van der Waals surface area contributed by atoms with Crippen molar-refractivity contribution in [3.8, 4) is 0 Å². The van der Waals surface area contributed by atoms with Crippen LogP contribution in [0.15, 0.2) is 22.0 Å². The van der Waals surface area contributed by atoms with E-state index in [0.717, 1.165) is 18.6 Å². The van der Waals surface area contributed by atoms with Crippen molar-refractivity contribution < 1.29 is 0 Å². The van der Waals surface area contributed by atoms with Gasteiger partial charge in [0.25, 0.3) is 0 Å². The fourth-order valence-electron chi connectivity index (χ4n) is 1.49. The first-order valence-corrected chi connectivity index (χ1v) is 6.06. The number of thiol groups is 1. The molecule has 0 aliphatic carbocycles. The highest BCUT2D eigenvalue weighted by Crippen LogP contribution is 2.08. The van der Waals surface area contributed by atoms with Gasteiger partial charge >= 0.3 is 11.1 Å². The molecule has 0 radical (unpaired) electrons. The van der Waals surface area contributed by atoms with Crippen LogP contribution < -0.4 is 11.1 Å². The van der Waals surface area contributed by atoms with Gasteiger partial charge < -0.3 is 9.13 Å². The van der Waals surface area contributed by atoms with Crippen LogP contribution >= 0.6 is 12.6 Å². The molecule has 1 unspecified atom stereocenters. The van der Waals surface area contributed by atoms with Gasteiger partial charge in [0, 0.05) is 26.0 Å². The summed E-state index contributed by atoms with van der Waals surface area (Å²) in [5.74, 6) is 1.38. The zero-order chi connectivity index (χ0) is 12.1. The van der Waals surface area contributed by atoms with Crippen LogP contribution in [0.1, 0.15) is 19.8 Å². The number of nitrogens with zero attached hydrogens (tertiary/aromatic N) is 2. The van der Waals surface area contributed by atoms with Crippen LogP contribution in [0.5, 0.6) is 0 Å². The van der Waals surface area contributed by atoms with Gasteiger partial charge in [-0.2, -0.15) is 12.6 Å². The molecule has 0 bridgehead atoms. The monoisotopic (exact) mass is 242 g/mol. The molecule has 1 heterocycles. The van der Waals surface area contributed by atoms with Gasteiger partial charge in [-0.15, -0.1) is 0 Å². The Hall–Kier alpha value is -0.970. The number of hydrogen-bond donors (Lipinski definition) is 1. The van der Waals surface area contributed by atoms with E-state index >= 15 is 0 Å². The van der Waals surface area contributed by atoms with Gasteiger partial charge in [-0.3, -0.25) is 9.59 Å². The standard InChI is InChI=1S/C11H18N2O2S/c1-9(4-8-16)3-5-13-7-6-12(2)10(14)11(13)15/h6-7,9,16H,3-5,8H2,1-2H3. The number of aryl methyl sites for hydroxylation is 2. The van der Waals surface area contributed by atoms with Gasteiger partial charge in [0.1, 0.15) is 0 Å². The van der Waals surface area contributed by atoms with Crippen LogP contribution in [0.2, 0.25) is 0 Å². The third-order valence-corrected chi connectivity index (χ3v) is 2.98. The summed E-state index contributed by atoms with van der Waals surface area (Å²) in [6.45, 7) is 2.73. The second-order valence-corrected chi connectivity index (χ2v) is 4.57. The van der Waals surface area contributed by atoms with Crippen molar-refractivity contribution in [3.63, 3.8) is 0 Å². The van der Waals surface area contributed by atoms with Crippen LogP contribution in [0.4, 0.5) is 0 Å². The van der Waals surface area contributed by atoms with Gasteiger partial charge in [-0.25, -0.2) is 0 Å². The minimum atomic E-state index is -0.468. The summed E-state index contributed by atoms with van der Waals surface area (Å²) < 4.78 is 2.79. The maximum atomic E-state index is 11.6. The van der Waals surface area contributed by atoms with Gasteiger partial charge in [-0.05, 0) is 24.5 Å². The van der Waals surface area contributed by atoms with Gasteiger partial charge in [0.15, 0.2) is 0 Å². The quantitative estimate of drug-likeness (QED) is 0.615. The molecule has 1 aromatic heterocycles. The maximum absolute atomic E-state index is 11.6. The molecule has 0 aliphatic rings. The van der Waals surface area contributed by atoms with Crippen molar-refractivity contribution in [2.45, 2.75) is 26.3 Å². The van der Waals surface area contributed by atoms with E-state index in [4.69, 9.17) is 0 Å². The van der Waals surface area contributed by atoms with E-state index in [1.165, 1.54) is 9.13 Å². The molecule has 0 aromatic carbocycles. The largest absolute Gasteiger partial charge is 0.316 e. The molecule has 0 spiro atoms. The first-order chi connectivity index (χ1) is 7.56. The lowest BCUT2D eigenvalue weighted by Gasteiger charge is -2.11. The highest BCUT2D eigenvalue weighted by atomic mass is 32.1. The molecule has 16 heavy (non-hydrogen) atoms. The van der Waals surface area contributed by atoms with Crippen molar-refractivity contribution in [3.05, 3.63) is 33.1 Å². The van der Waals surface area contributed by atoms with Gasteiger partial charge in [-0.1, -0.05) is 6.92 Å². The Bertz CT molecular complexity index is 450. The molecule has 0 fully saturated rings. The van der Waals surface area contributed by atoms with E-state index in [1.54, 1.807) is 19.4 Å². The first-order valence-electron chi connectivity index (χ1n) is 5.43. The minimum Gasteiger partial charge on any atom is -0.312 e. The number of rotatable bonds is 5. The van der Waals surface area contributed by atoms with Crippen molar-refractivity contribution in [2.24, 2.45) is 13.0 Å². The fourth-order valence-corrected chi connectivity index (χ4v) is 1.93. The smallest absolute Gasteiger partial charge is 0.312 e. The normalized spacial score (nSPS) is 12.7. The molecule has 0 aliphatic heterocycles. The average molecular weight is 242 g/mol. The first kappa shape index (κ1) is 13.1. The molecule has 0 N–H and O–H groups in total. The van der Waals surface area contributed by atoms with Gasteiger partial charge in [0.2, 0.25) is 0 Å². The average Bonchev–Trinajstić information content (AvgIpc) is 2.25. The van der Waals surface area contributed by atoms with E-state index in [1.807, 2.05) is 0 Å². The van der Waals surface area contributed by atoms with Crippen LogP contribution in [0, 0.1) is 5.92 Å². The van der Waals surface area contributed by atoms with E-state index in [0.29, 0.717) is 12.5 Å². The lowest BCUT2D eigenvalue weighted by Crippen LogP contribution is -2.39. The second kappa shape index (κ2) is 5.94. The van der Waals surface area contributed by atoms with Gasteiger partial charge in [0.05, 0.1) is 0 Å². The van der Waals surface area contributed by atoms with Crippen LogP contribution in [-0.2, 0) is 13.6 Å². The Balaban J connectivity index is 2.72. The van der Waals surface area contributed by atoms with Crippen molar-refractivity contribution >= 4 is 12.6 Å². The molecule has 1 rings (SSSR count). The van der Waals surface area contributed by atoms with Crippen LogP contribution in [0.3, 0.4) is 0 Å². The zero-order valence-electron chi connectivity index (χ0n) is 9.72. The molecule has 90 valence electrons. The highest BCUT2D eigenvalue weighted by molar-refractivity contribution is 7.80. The molecule has 0 saturated carbocycles. The zero-order valence-corrected chi connectivity index (χ0v) is 10.6. The Kier molecular flexibility index (Phi) is 4.86. The SMILES string of the molecule is CC(CCS)CCn1ccn(C)c(=O)c1=O. The summed E-state index contributed by atoms with van der Waals surface area (Å²) in [5, 5.41) is 0. The lowest BCUT2D eigenvalue weighted by atomic mass is 10.1. The summed E-state index contributed by atoms with van der Waals surface area (Å²) in [4.78, 5) is 23.0. The van der Waals surface area contributed by atoms with Crippen molar-refractivity contribution in [1.82, 2.24) is 9.13 Å². The highest BCUT2D eigenvalue weighted by Gasteiger charge is 2.05. The molecule has 0 saturated heterocycles. The summed E-state index contributed by atoms with van der Waals surface area (Å²) >= 11 is 4.17. The third-order valence-electron chi connectivity index (χ3n) is 2.72. The van der Waals surface area contributed by atoms with E-state index < -0.39 is 11.1 Å². The summed E-state index contributed by atoms with van der Waals surface area (Å²) in [6, 6.07) is 0. The van der Waals surface area contributed by atoms with E-state index in [-0.39, 0.29) is 0 Å². The molecule has 4 nitrogen and oxygen atoms in total. The van der Waals surface area contributed by atoms with E-state index in [2.05, 4.69) is 19.6 Å². The number of aromatic nitrogens is 2. The second-order valence-electron chi connectivity index (χ2n) is 4.12. The van der Waals surface area contributed by atoms with E-state index in [9.17, 15) is 9.59 Å². The fraction of sp³-hybridized carbons (Fsp3) is 0.636. The predicted molar refractivity (Wildman–Crippen MR) is 68.2 cm³/mol. The van der Waals surface area contributed by atoms with Crippen molar-refractivity contribution in [2.75, 3.05) is 5.75 Å². The maximum Gasteiger partial charge on any atom is 0.316 e. The van der Waals surface area contributed by atoms with Crippen LogP contribution in [0.25, 0.3) is 0 Å². The van der Waals surface area contributed by atoms with Crippen LogP contribution in [-0.4, -0.2) is 14.9 Å². The lowest BCUT2D eigenvalue weighted by molar-refractivity contribution is 0.462. The minimum absolute atomic E-state index is 0.442. The summed E-state index contributed by atoms with van der Waals surface area (Å²) in [6.07, 6.45) is 5.21. The molecule has 5 heteroatoms. The Morgan fingerprint density at radius 1 is 1.25 bits per heavy atom. The summed E-state index contributed by atoms with van der Waals surface area (Å²) in [7, 11) is 1.58. The molecule has 1 atom stereocenters. The van der Waals surface area contributed by atoms with Crippen molar-refractivity contribution in [1.29, 1.82) is 0 Å². The Morgan fingerprint density at radius 2 is 1.94 bits per heavy atom. The molecular weight excluding hydrogens is 224 g/mol. The Labute approximate surface area is 100 Å². The molecule has 1 aromatic rings. The third kappa shape index (κ3) is 3.27. The summed E-state index contributed by atoms with van der Waals surface area (Å²) in [5.41, 5.74) is -0.910. The Morgan fingerprint density at radius 3 is 2.56 bits per heavy atom. The topological polar surface area (TPSA) is 44.0 Å². The molecular formula is C11H18N2O2S. The number of hydrogen-bond acceptors (Lipinski definition) is 3. The predicted octanol–water partition coefficient (Wildman–Crippen LogP) is 0.893. The molecule has 0 amide bonds.